The highest BCUT2D eigenvalue weighted by Crippen LogP contribution is 2.23. The van der Waals surface area contributed by atoms with Gasteiger partial charge in [-0.3, -0.25) is 4.79 Å². The largest absolute Gasteiger partial charge is 0.376 e. The van der Waals surface area contributed by atoms with E-state index in [1.54, 1.807) is 23.5 Å². The number of carbonyl (C=O) groups excluding carboxylic acids is 1. The molecule has 3 nitrogen and oxygen atoms in total. The van der Waals surface area contributed by atoms with Crippen LogP contribution in [0.2, 0.25) is 0 Å². The van der Waals surface area contributed by atoms with Crippen LogP contribution in [-0.2, 0) is 17.8 Å². The summed E-state index contributed by atoms with van der Waals surface area (Å²) in [5.41, 5.74) is 2.02. The number of thiophene rings is 1. The number of nitrogens with one attached hydrogen (secondary N) is 1. The van der Waals surface area contributed by atoms with Crippen LogP contribution in [0.5, 0.6) is 0 Å². The van der Waals surface area contributed by atoms with Crippen LogP contribution in [0.4, 0.5) is 10.1 Å². The van der Waals surface area contributed by atoms with Gasteiger partial charge in [-0.1, -0.05) is 0 Å². The molecule has 1 aliphatic rings. The molecular formula is C15H15FN2OS. The van der Waals surface area contributed by atoms with E-state index >= 15 is 0 Å². The van der Waals surface area contributed by atoms with Crippen molar-refractivity contribution in [2.75, 3.05) is 18.4 Å². The Morgan fingerprint density at radius 3 is 2.90 bits per heavy atom. The van der Waals surface area contributed by atoms with Gasteiger partial charge in [0.15, 0.2) is 0 Å². The van der Waals surface area contributed by atoms with Crippen molar-refractivity contribution >= 4 is 22.9 Å². The van der Waals surface area contributed by atoms with Crippen molar-refractivity contribution in [3.05, 3.63) is 52.0 Å². The van der Waals surface area contributed by atoms with Gasteiger partial charge in [-0.15, -0.1) is 11.3 Å². The minimum Gasteiger partial charge on any atom is -0.376 e. The lowest BCUT2D eigenvalue weighted by Gasteiger charge is -2.27. The maximum atomic E-state index is 12.8. The summed E-state index contributed by atoms with van der Waals surface area (Å²) in [5, 5.41) is 5.11. The van der Waals surface area contributed by atoms with Crippen LogP contribution in [0.25, 0.3) is 0 Å². The van der Waals surface area contributed by atoms with Crippen LogP contribution in [0.15, 0.2) is 35.7 Å². The predicted octanol–water partition coefficient (Wildman–Crippen LogP) is 2.88. The Hall–Kier alpha value is -1.88. The van der Waals surface area contributed by atoms with E-state index in [1.807, 2.05) is 4.90 Å². The molecule has 20 heavy (non-hydrogen) atoms. The third-order valence-corrected chi connectivity index (χ3v) is 4.47. The zero-order valence-electron chi connectivity index (χ0n) is 10.9. The van der Waals surface area contributed by atoms with Gasteiger partial charge in [0, 0.05) is 23.7 Å². The Balaban J connectivity index is 1.56. The Bertz CT molecular complexity index is 609. The minimum atomic E-state index is -0.275. The fourth-order valence-corrected chi connectivity index (χ4v) is 3.21. The molecule has 0 atom stereocenters. The van der Waals surface area contributed by atoms with E-state index in [-0.39, 0.29) is 18.3 Å². The first kappa shape index (κ1) is 13.1. The van der Waals surface area contributed by atoms with Crippen LogP contribution < -0.4 is 5.32 Å². The maximum absolute atomic E-state index is 12.8. The monoisotopic (exact) mass is 290 g/mol. The van der Waals surface area contributed by atoms with Crippen molar-refractivity contribution in [1.29, 1.82) is 0 Å². The molecule has 0 bridgehead atoms. The van der Waals surface area contributed by atoms with Gasteiger partial charge in [0.2, 0.25) is 5.91 Å². The zero-order valence-corrected chi connectivity index (χ0v) is 11.8. The average molecular weight is 290 g/mol. The summed E-state index contributed by atoms with van der Waals surface area (Å²) in [7, 11) is 0. The molecule has 3 rings (SSSR count). The van der Waals surface area contributed by atoms with Crippen molar-refractivity contribution in [2.24, 2.45) is 0 Å². The van der Waals surface area contributed by atoms with Gasteiger partial charge in [0.1, 0.15) is 5.82 Å². The smallest absolute Gasteiger partial charge is 0.242 e. The molecule has 0 aliphatic carbocycles. The van der Waals surface area contributed by atoms with Gasteiger partial charge >= 0.3 is 0 Å². The Morgan fingerprint density at radius 2 is 2.10 bits per heavy atom. The Labute approximate surface area is 121 Å². The normalized spacial score (nSPS) is 13.9. The van der Waals surface area contributed by atoms with Gasteiger partial charge in [-0.25, -0.2) is 4.39 Å². The standard InChI is InChI=1S/C15H15FN2OS/c16-12-1-3-13(4-2-12)17-9-15(19)18-7-5-14-11(10-18)6-8-20-14/h1-4,6,8,17H,5,7,9-10H2. The molecule has 0 unspecified atom stereocenters. The number of amides is 1. The highest BCUT2D eigenvalue weighted by Gasteiger charge is 2.20. The Kier molecular flexibility index (Phi) is 3.69. The van der Waals surface area contributed by atoms with E-state index in [0.717, 1.165) is 18.7 Å². The molecule has 5 heteroatoms. The first-order chi connectivity index (χ1) is 9.72. The number of benzene rings is 1. The van der Waals surface area contributed by atoms with Crippen LogP contribution in [0, 0.1) is 5.82 Å². The number of nitrogens with zero attached hydrogens (tertiary/aromatic N) is 1. The van der Waals surface area contributed by atoms with Crippen molar-refractivity contribution in [3.8, 4) is 0 Å². The minimum absolute atomic E-state index is 0.0752. The third-order valence-electron chi connectivity index (χ3n) is 3.45. The van der Waals surface area contributed by atoms with E-state index in [9.17, 15) is 9.18 Å². The summed E-state index contributed by atoms with van der Waals surface area (Å²) in [6.45, 7) is 1.71. The zero-order chi connectivity index (χ0) is 13.9. The molecule has 1 N–H and O–H groups in total. The number of hydrogen-bond donors (Lipinski definition) is 1. The van der Waals surface area contributed by atoms with Crippen LogP contribution in [-0.4, -0.2) is 23.9 Å². The van der Waals surface area contributed by atoms with Gasteiger partial charge < -0.3 is 10.2 Å². The van der Waals surface area contributed by atoms with Crippen molar-refractivity contribution in [3.63, 3.8) is 0 Å². The molecule has 1 aromatic heterocycles. The highest BCUT2D eigenvalue weighted by atomic mass is 32.1. The average Bonchev–Trinajstić information content (AvgIpc) is 2.93. The molecule has 0 saturated heterocycles. The molecule has 0 radical (unpaired) electrons. The number of halogens is 1. The molecule has 1 amide bonds. The van der Waals surface area contributed by atoms with E-state index in [0.29, 0.717) is 6.54 Å². The first-order valence-corrected chi connectivity index (χ1v) is 7.43. The summed E-state index contributed by atoms with van der Waals surface area (Å²) < 4.78 is 12.8. The number of anilines is 1. The summed E-state index contributed by atoms with van der Waals surface area (Å²) in [6.07, 6.45) is 0.940. The molecule has 0 saturated carbocycles. The lowest BCUT2D eigenvalue weighted by Crippen LogP contribution is -2.38. The van der Waals surface area contributed by atoms with E-state index in [1.165, 1.54) is 22.6 Å². The summed E-state index contributed by atoms with van der Waals surface area (Å²) in [5.74, 6) is -0.200. The van der Waals surface area contributed by atoms with Crippen molar-refractivity contribution in [2.45, 2.75) is 13.0 Å². The fourth-order valence-electron chi connectivity index (χ4n) is 2.32. The molecule has 1 aromatic carbocycles. The molecule has 0 fully saturated rings. The number of carbonyl (C=O) groups is 1. The van der Waals surface area contributed by atoms with Gasteiger partial charge in [-0.2, -0.15) is 0 Å². The summed E-state index contributed by atoms with van der Waals surface area (Å²) >= 11 is 1.76. The summed E-state index contributed by atoms with van der Waals surface area (Å²) in [6, 6.07) is 8.12. The second kappa shape index (κ2) is 5.63. The number of rotatable bonds is 3. The van der Waals surface area contributed by atoms with Gasteiger partial charge in [-0.05, 0) is 47.7 Å². The fraction of sp³-hybridized carbons (Fsp3) is 0.267. The SMILES string of the molecule is O=C(CNc1ccc(F)cc1)N1CCc2sccc2C1. The quantitative estimate of drug-likeness (QED) is 0.942. The van der Waals surface area contributed by atoms with Crippen molar-refractivity contribution in [1.82, 2.24) is 4.90 Å². The molecule has 1 aliphatic heterocycles. The third kappa shape index (κ3) is 2.82. The lowest BCUT2D eigenvalue weighted by molar-refractivity contribution is -0.130. The lowest BCUT2D eigenvalue weighted by atomic mass is 10.1. The van der Waals surface area contributed by atoms with Crippen molar-refractivity contribution < 1.29 is 9.18 Å². The number of hydrogen-bond acceptors (Lipinski definition) is 3. The molecule has 2 heterocycles. The van der Waals surface area contributed by atoms with Crippen LogP contribution >= 0.6 is 11.3 Å². The van der Waals surface area contributed by atoms with Crippen LogP contribution in [0.3, 0.4) is 0 Å². The second-order valence-electron chi connectivity index (χ2n) is 4.79. The summed E-state index contributed by atoms with van der Waals surface area (Å²) in [4.78, 5) is 15.4. The molecule has 0 spiro atoms. The highest BCUT2D eigenvalue weighted by molar-refractivity contribution is 7.10. The van der Waals surface area contributed by atoms with Gasteiger partial charge in [0.05, 0.1) is 6.54 Å². The molecule has 104 valence electrons. The van der Waals surface area contributed by atoms with Crippen LogP contribution in [0.1, 0.15) is 10.4 Å². The molecular weight excluding hydrogens is 275 g/mol. The Morgan fingerprint density at radius 1 is 1.30 bits per heavy atom. The molecule has 2 aromatic rings. The topological polar surface area (TPSA) is 32.3 Å². The van der Waals surface area contributed by atoms with E-state index in [2.05, 4.69) is 16.8 Å². The predicted molar refractivity (Wildman–Crippen MR) is 78.3 cm³/mol. The van der Waals surface area contributed by atoms with E-state index < -0.39 is 0 Å². The maximum Gasteiger partial charge on any atom is 0.242 e. The number of fused-ring (bicyclic) bond motifs is 1. The first-order valence-electron chi connectivity index (χ1n) is 6.55. The van der Waals surface area contributed by atoms with E-state index in [4.69, 9.17) is 0 Å². The second-order valence-corrected chi connectivity index (χ2v) is 5.80. The van der Waals surface area contributed by atoms with Gasteiger partial charge in [0.25, 0.3) is 0 Å².